The Kier molecular flexibility index (Phi) is 5.56. The molecule has 0 unspecified atom stereocenters. The molecule has 0 saturated carbocycles. The van der Waals surface area contributed by atoms with E-state index in [2.05, 4.69) is 23.0 Å². The van der Waals surface area contributed by atoms with E-state index >= 15 is 0 Å². The molecule has 5 nitrogen and oxygen atoms in total. The quantitative estimate of drug-likeness (QED) is 0.833. The topological polar surface area (TPSA) is 61.4 Å². The zero-order valence-electron chi connectivity index (χ0n) is 15.3. The molecule has 0 radical (unpaired) electrons. The number of nitrogens with one attached hydrogen (secondary N) is 2. The summed E-state index contributed by atoms with van der Waals surface area (Å²) in [5.41, 5.74) is 10.2. The zero-order chi connectivity index (χ0) is 18.5. The summed E-state index contributed by atoms with van der Waals surface area (Å²) >= 11 is 0. The van der Waals surface area contributed by atoms with E-state index in [4.69, 9.17) is 0 Å². The number of carbonyl (C=O) groups excluding carboxylic acids is 2. The summed E-state index contributed by atoms with van der Waals surface area (Å²) in [4.78, 5) is 26.3. The van der Waals surface area contributed by atoms with Crippen molar-refractivity contribution in [2.75, 3.05) is 19.0 Å². The van der Waals surface area contributed by atoms with Gasteiger partial charge in [0.2, 0.25) is 5.91 Å². The minimum absolute atomic E-state index is 0.224. The van der Waals surface area contributed by atoms with Crippen molar-refractivity contribution < 1.29 is 9.59 Å². The van der Waals surface area contributed by atoms with E-state index in [-0.39, 0.29) is 18.2 Å². The van der Waals surface area contributed by atoms with Crippen LogP contribution in [0, 0.1) is 0 Å². The number of anilines is 1. The molecule has 0 bridgehead atoms. The number of carbonyl (C=O) groups is 2. The summed E-state index contributed by atoms with van der Waals surface area (Å²) in [6.07, 6.45) is 4.93. The molecule has 26 heavy (non-hydrogen) atoms. The first-order chi connectivity index (χ1) is 12.5. The van der Waals surface area contributed by atoms with Gasteiger partial charge in [-0.25, -0.2) is 0 Å². The molecular formula is C21H25N3O2. The Hall–Kier alpha value is -2.82. The second-order valence-electron chi connectivity index (χ2n) is 6.93. The third kappa shape index (κ3) is 4.42. The maximum absolute atomic E-state index is 12.2. The van der Waals surface area contributed by atoms with Gasteiger partial charge in [-0.1, -0.05) is 24.3 Å². The minimum Gasteiger partial charge on any atom is -0.378 e. The van der Waals surface area contributed by atoms with Gasteiger partial charge < -0.3 is 4.90 Å². The fourth-order valence-electron chi connectivity index (χ4n) is 3.25. The smallest absolute Gasteiger partial charge is 0.269 e. The van der Waals surface area contributed by atoms with Gasteiger partial charge in [-0.05, 0) is 60.6 Å². The number of hydrazine groups is 1. The molecule has 0 aliphatic heterocycles. The standard InChI is InChI=1S/C21H25N3O2/c1-24(2)19-9-5-8-18(14-19)21(26)23-22-20(25)13-15-10-11-16-6-3-4-7-17(16)12-15/h5,8-12,14H,3-4,6-7,13H2,1-2H3,(H,22,25)(H,23,26). The number of benzene rings is 2. The van der Waals surface area contributed by atoms with Crippen LogP contribution >= 0.6 is 0 Å². The van der Waals surface area contributed by atoms with Crippen LogP contribution in [0.5, 0.6) is 0 Å². The number of hydrogen-bond donors (Lipinski definition) is 2. The third-order valence-electron chi connectivity index (χ3n) is 4.72. The molecule has 1 aliphatic rings. The first kappa shape index (κ1) is 18.0. The number of amides is 2. The lowest BCUT2D eigenvalue weighted by Gasteiger charge is -2.16. The van der Waals surface area contributed by atoms with E-state index in [1.165, 1.54) is 24.0 Å². The SMILES string of the molecule is CN(C)c1cccc(C(=O)NNC(=O)Cc2ccc3c(c2)CCCC3)c1. The van der Waals surface area contributed by atoms with E-state index in [0.29, 0.717) is 5.56 Å². The van der Waals surface area contributed by atoms with Crippen molar-refractivity contribution in [1.82, 2.24) is 10.9 Å². The average molecular weight is 351 g/mol. The highest BCUT2D eigenvalue weighted by Crippen LogP contribution is 2.22. The molecule has 0 fully saturated rings. The highest BCUT2D eigenvalue weighted by molar-refractivity contribution is 5.96. The molecular weight excluding hydrogens is 326 g/mol. The van der Waals surface area contributed by atoms with Gasteiger partial charge in [0, 0.05) is 25.3 Å². The molecule has 0 atom stereocenters. The molecule has 2 aromatic carbocycles. The number of rotatable bonds is 4. The predicted molar refractivity (Wildman–Crippen MR) is 103 cm³/mol. The van der Waals surface area contributed by atoms with Crippen molar-refractivity contribution >= 4 is 17.5 Å². The second kappa shape index (κ2) is 8.04. The van der Waals surface area contributed by atoms with Crippen molar-refractivity contribution in [1.29, 1.82) is 0 Å². The zero-order valence-corrected chi connectivity index (χ0v) is 15.3. The summed E-state index contributed by atoms with van der Waals surface area (Å²) in [5.74, 6) is -0.551. The van der Waals surface area contributed by atoms with Crippen LogP contribution in [-0.4, -0.2) is 25.9 Å². The molecule has 3 rings (SSSR count). The first-order valence-corrected chi connectivity index (χ1v) is 9.00. The van der Waals surface area contributed by atoms with Gasteiger partial charge in [0.1, 0.15) is 0 Å². The number of aryl methyl sites for hydroxylation is 2. The highest BCUT2D eigenvalue weighted by atomic mass is 16.2. The van der Waals surface area contributed by atoms with Gasteiger partial charge in [-0.3, -0.25) is 20.4 Å². The van der Waals surface area contributed by atoms with Gasteiger partial charge >= 0.3 is 0 Å². The number of hydrogen-bond acceptors (Lipinski definition) is 3. The molecule has 5 heteroatoms. The van der Waals surface area contributed by atoms with Crippen molar-refractivity contribution in [3.8, 4) is 0 Å². The summed E-state index contributed by atoms with van der Waals surface area (Å²) in [7, 11) is 3.83. The van der Waals surface area contributed by atoms with E-state index in [9.17, 15) is 9.59 Å². The van der Waals surface area contributed by atoms with Crippen molar-refractivity contribution in [3.63, 3.8) is 0 Å². The molecule has 0 saturated heterocycles. The fraction of sp³-hybridized carbons (Fsp3) is 0.333. The average Bonchev–Trinajstić information content (AvgIpc) is 2.66. The van der Waals surface area contributed by atoms with E-state index in [1.54, 1.807) is 12.1 Å². The first-order valence-electron chi connectivity index (χ1n) is 9.00. The lowest BCUT2D eigenvalue weighted by Crippen LogP contribution is -2.42. The van der Waals surface area contributed by atoms with E-state index in [1.807, 2.05) is 37.2 Å². The Morgan fingerprint density at radius 2 is 1.73 bits per heavy atom. The van der Waals surface area contributed by atoms with Crippen LogP contribution in [0.1, 0.15) is 39.9 Å². The number of nitrogens with zero attached hydrogens (tertiary/aromatic N) is 1. The molecule has 2 aromatic rings. The van der Waals surface area contributed by atoms with Crippen molar-refractivity contribution in [2.24, 2.45) is 0 Å². The minimum atomic E-state index is -0.326. The maximum atomic E-state index is 12.2. The van der Waals surface area contributed by atoms with Crippen LogP contribution in [0.15, 0.2) is 42.5 Å². The Morgan fingerprint density at radius 3 is 2.50 bits per heavy atom. The Labute approximate surface area is 154 Å². The van der Waals surface area contributed by atoms with Crippen LogP contribution in [0.2, 0.25) is 0 Å². The van der Waals surface area contributed by atoms with Gasteiger partial charge in [0.15, 0.2) is 0 Å². The molecule has 0 spiro atoms. The molecule has 2 N–H and O–H groups in total. The molecule has 2 amide bonds. The highest BCUT2D eigenvalue weighted by Gasteiger charge is 2.12. The molecule has 0 heterocycles. The largest absolute Gasteiger partial charge is 0.378 e. The summed E-state index contributed by atoms with van der Waals surface area (Å²) in [6, 6.07) is 13.5. The predicted octanol–water partition coefficient (Wildman–Crippen LogP) is 2.64. The van der Waals surface area contributed by atoms with Crippen LogP contribution in [0.25, 0.3) is 0 Å². The summed E-state index contributed by atoms with van der Waals surface area (Å²) < 4.78 is 0. The van der Waals surface area contributed by atoms with Gasteiger partial charge in [0.05, 0.1) is 6.42 Å². The molecule has 136 valence electrons. The normalized spacial score (nSPS) is 12.8. The molecule has 1 aliphatic carbocycles. The monoisotopic (exact) mass is 351 g/mol. The lowest BCUT2D eigenvalue weighted by molar-refractivity contribution is -0.121. The lowest BCUT2D eigenvalue weighted by atomic mass is 9.90. The Bertz CT molecular complexity index is 815. The number of fused-ring (bicyclic) bond motifs is 1. The third-order valence-corrected chi connectivity index (χ3v) is 4.72. The summed E-state index contributed by atoms with van der Waals surface area (Å²) in [6.45, 7) is 0. The van der Waals surface area contributed by atoms with Crippen LogP contribution in [-0.2, 0) is 24.1 Å². The van der Waals surface area contributed by atoms with Crippen LogP contribution in [0.4, 0.5) is 5.69 Å². The van der Waals surface area contributed by atoms with Gasteiger partial charge in [0.25, 0.3) is 5.91 Å². The van der Waals surface area contributed by atoms with Crippen molar-refractivity contribution in [3.05, 3.63) is 64.7 Å². The maximum Gasteiger partial charge on any atom is 0.269 e. The fourth-order valence-corrected chi connectivity index (χ4v) is 3.25. The Balaban J connectivity index is 1.55. The summed E-state index contributed by atoms with van der Waals surface area (Å²) in [5, 5.41) is 0. The molecule has 0 aromatic heterocycles. The van der Waals surface area contributed by atoms with Gasteiger partial charge in [-0.2, -0.15) is 0 Å². The van der Waals surface area contributed by atoms with Crippen LogP contribution < -0.4 is 15.8 Å². The van der Waals surface area contributed by atoms with Gasteiger partial charge in [-0.15, -0.1) is 0 Å². The van der Waals surface area contributed by atoms with Crippen molar-refractivity contribution in [2.45, 2.75) is 32.1 Å². The van der Waals surface area contributed by atoms with E-state index in [0.717, 1.165) is 24.1 Å². The second-order valence-corrected chi connectivity index (χ2v) is 6.93. The van der Waals surface area contributed by atoms with Crippen LogP contribution in [0.3, 0.4) is 0 Å². The van der Waals surface area contributed by atoms with E-state index < -0.39 is 0 Å². The Morgan fingerprint density at radius 1 is 0.962 bits per heavy atom.